The van der Waals surface area contributed by atoms with E-state index >= 15 is 0 Å². The zero-order chi connectivity index (χ0) is 18.7. The number of benzene rings is 2. The van der Waals surface area contributed by atoms with Gasteiger partial charge in [-0.1, -0.05) is 17.7 Å². The summed E-state index contributed by atoms with van der Waals surface area (Å²) >= 11 is 6.19. The highest BCUT2D eigenvalue weighted by atomic mass is 35.5. The van der Waals surface area contributed by atoms with Crippen LogP contribution in [0.2, 0.25) is 5.02 Å². The Morgan fingerprint density at radius 1 is 1.31 bits per heavy atom. The fourth-order valence-electron chi connectivity index (χ4n) is 3.08. The Hall–Kier alpha value is -2.20. The Labute approximate surface area is 156 Å². The Bertz CT molecular complexity index is 840. The largest absolute Gasteiger partial charge is 0.363 e. The smallest absolute Gasteiger partial charge is 0.131 e. The number of hydrogen-bond acceptors (Lipinski definition) is 4. The number of nitrogens with zero attached hydrogens (tertiary/aromatic N) is 3. The van der Waals surface area contributed by atoms with Gasteiger partial charge < -0.3 is 4.90 Å². The minimum absolute atomic E-state index is 0.0576. The molecule has 0 bridgehead atoms. The van der Waals surface area contributed by atoms with Crippen molar-refractivity contribution in [2.45, 2.75) is 19.0 Å². The molecule has 4 nitrogen and oxygen atoms in total. The maximum absolute atomic E-state index is 14.2. The van der Waals surface area contributed by atoms with Crippen molar-refractivity contribution >= 4 is 17.3 Å². The molecule has 3 rings (SSSR count). The maximum atomic E-state index is 14.2. The zero-order valence-corrected chi connectivity index (χ0v) is 15.0. The van der Waals surface area contributed by atoms with Crippen molar-refractivity contribution in [2.75, 3.05) is 25.1 Å². The molecule has 1 heterocycles. The number of rotatable bonds is 4. The predicted octanol–water partition coefficient (Wildman–Crippen LogP) is 4.13. The number of likely N-dealkylation sites (N-methyl/N-ethyl adjacent to an activating group) is 1. The minimum atomic E-state index is -0.606. The molecule has 0 N–H and O–H groups in total. The molecule has 0 saturated carbocycles. The van der Waals surface area contributed by atoms with E-state index in [1.54, 1.807) is 23.3 Å². The van der Waals surface area contributed by atoms with Crippen molar-refractivity contribution in [3.8, 4) is 6.07 Å². The summed E-state index contributed by atoms with van der Waals surface area (Å²) in [6.07, 6.45) is 0.755. The second-order valence-corrected chi connectivity index (χ2v) is 6.63. The van der Waals surface area contributed by atoms with E-state index in [0.29, 0.717) is 29.3 Å². The summed E-state index contributed by atoms with van der Waals surface area (Å²) in [7, 11) is 1.84. The number of hydrogen-bond donors (Lipinski definition) is 0. The molecule has 0 amide bonds. The second kappa shape index (κ2) is 8.00. The standard InChI is InChI=1S/C19H18ClF2N3O/c1-24-12-17(6-7-26-24)25(11-14-2-4-15(21)8-19(14)22)16-5-3-13(10-23)18(20)9-16/h2-5,8-9,17H,6-7,11-12H2,1H3/t17-/m0/s1. The van der Waals surface area contributed by atoms with E-state index in [4.69, 9.17) is 21.7 Å². The molecule has 1 aliphatic heterocycles. The van der Waals surface area contributed by atoms with E-state index in [9.17, 15) is 8.78 Å². The molecule has 1 fully saturated rings. The Balaban J connectivity index is 1.96. The third-order valence-electron chi connectivity index (χ3n) is 4.43. The van der Waals surface area contributed by atoms with Crippen LogP contribution in [-0.4, -0.2) is 31.3 Å². The van der Waals surface area contributed by atoms with Gasteiger partial charge in [-0.05, 0) is 30.7 Å². The van der Waals surface area contributed by atoms with Crippen molar-refractivity contribution in [3.05, 3.63) is 64.2 Å². The summed E-state index contributed by atoms with van der Waals surface area (Å²) in [6.45, 7) is 1.43. The zero-order valence-electron chi connectivity index (χ0n) is 14.3. The minimum Gasteiger partial charge on any atom is -0.363 e. The van der Waals surface area contributed by atoms with E-state index in [-0.39, 0.29) is 12.6 Å². The van der Waals surface area contributed by atoms with Gasteiger partial charge in [-0.15, -0.1) is 0 Å². The average molecular weight is 378 g/mol. The van der Waals surface area contributed by atoms with E-state index in [1.807, 2.05) is 18.0 Å². The van der Waals surface area contributed by atoms with Crippen LogP contribution in [0, 0.1) is 23.0 Å². The molecule has 1 atom stereocenters. The van der Waals surface area contributed by atoms with Crippen LogP contribution in [0.5, 0.6) is 0 Å². The number of nitriles is 1. The lowest BCUT2D eigenvalue weighted by Crippen LogP contribution is -2.47. The first kappa shape index (κ1) is 18.6. The molecule has 0 radical (unpaired) electrons. The van der Waals surface area contributed by atoms with Crippen LogP contribution < -0.4 is 4.90 Å². The lowest BCUT2D eigenvalue weighted by Gasteiger charge is -2.39. The average Bonchev–Trinajstić information content (AvgIpc) is 2.61. The van der Waals surface area contributed by atoms with Gasteiger partial charge in [-0.2, -0.15) is 10.3 Å². The molecule has 0 unspecified atom stereocenters. The van der Waals surface area contributed by atoms with Crippen molar-refractivity contribution < 1.29 is 13.6 Å². The third kappa shape index (κ3) is 4.13. The van der Waals surface area contributed by atoms with Crippen molar-refractivity contribution in [3.63, 3.8) is 0 Å². The van der Waals surface area contributed by atoms with Gasteiger partial charge in [0.05, 0.1) is 17.2 Å². The Kier molecular flexibility index (Phi) is 5.72. The fraction of sp³-hybridized carbons (Fsp3) is 0.316. The van der Waals surface area contributed by atoms with E-state index < -0.39 is 11.6 Å². The second-order valence-electron chi connectivity index (χ2n) is 6.23. The number of hydroxylamine groups is 2. The molecular weight excluding hydrogens is 360 g/mol. The van der Waals surface area contributed by atoms with Crippen LogP contribution in [0.25, 0.3) is 0 Å². The van der Waals surface area contributed by atoms with E-state index in [1.165, 1.54) is 12.1 Å². The topological polar surface area (TPSA) is 39.5 Å². The lowest BCUT2D eigenvalue weighted by atomic mass is 10.1. The van der Waals surface area contributed by atoms with Gasteiger partial charge in [-0.3, -0.25) is 4.84 Å². The predicted molar refractivity (Wildman–Crippen MR) is 95.7 cm³/mol. The van der Waals surface area contributed by atoms with Crippen molar-refractivity contribution in [2.24, 2.45) is 0 Å². The molecule has 0 aromatic heterocycles. The molecule has 7 heteroatoms. The SMILES string of the molecule is CN1C[C@@H](N(Cc2ccc(F)cc2F)c2ccc(C#N)c(Cl)c2)CCO1. The summed E-state index contributed by atoms with van der Waals surface area (Å²) in [5.41, 5.74) is 1.55. The monoisotopic (exact) mass is 377 g/mol. The Morgan fingerprint density at radius 2 is 2.12 bits per heavy atom. The molecule has 2 aromatic rings. The lowest BCUT2D eigenvalue weighted by molar-refractivity contribution is -0.166. The van der Waals surface area contributed by atoms with Gasteiger partial charge >= 0.3 is 0 Å². The van der Waals surface area contributed by atoms with E-state index in [0.717, 1.165) is 18.2 Å². The number of halogens is 3. The first-order valence-electron chi connectivity index (χ1n) is 8.22. The van der Waals surface area contributed by atoms with Crippen LogP contribution in [-0.2, 0) is 11.4 Å². The molecule has 136 valence electrons. The summed E-state index contributed by atoms with van der Waals surface area (Å²) in [6, 6.07) is 10.8. The summed E-state index contributed by atoms with van der Waals surface area (Å²) in [4.78, 5) is 7.47. The molecule has 1 aliphatic rings. The van der Waals surface area contributed by atoms with Crippen LogP contribution in [0.4, 0.5) is 14.5 Å². The van der Waals surface area contributed by atoms with Gasteiger partial charge in [0, 0.05) is 43.5 Å². The molecular formula is C19H18ClF2N3O. The fourth-order valence-corrected chi connectivity index (χ4v) is 3.29. The van der Waals surface area contributed by atoms with Gasteiger partial charge in [-0.25, -0.2) is 8.78 Å². The Morgan fingerprint density at radius 3 is 2.77 bits per heavy atom. The molecule has 1 saturated heterocycles. The van der Waals surface area contributed by atoms with Gasteiger partial charge in [0.15, 0.2) is 0 Å². The van der Waals surface area contributed by atoms with Crippen LogP contribution in [0.1, 0.15) is 17.5 Å². The quantitative estimate of drug-likeness (QED) is 0.803. The highest BCUT2D eigenvalue weighted by Gasteiger charge is 2.26. The highest BCUT2D eigenvalue weighted by Crippen LogP contribution is 2.29. The maximum Gasteiger partial charge on any atom is 0.131 e. The summed E-state index contributed by atoms with van der Waals surface area (Å²) in [5.74, 6) is -1.19. The molecule has 0 spiro atoms. The first-order valence-corrected chi connectivity index (χ1v) is 8.60. The highest BCUT2D eigenvalue weighted by molar-refractivity contribution is 6.32. The number of anilines is 1. The van der Waals surface area contributed by atoms with Crippen molar-refractivity contribution in [1.29, 1.82) is 5.26 Å². The van der Waals surface area contributed by atoms with E-state index in [2.05, 4.69) is 0 Å². The summed E-state index contributed by atoms with van der Waals surface area (Å²) < 4.78 is 27.4. The molecule has 26 heavy (non-hydrogen) atoms. The summed E-state index contributed by atoms with van der Waals surface area (Å²) in [5, 5.41) is 11.2. The molecule has 0 aliphatic carbocycles. The van der Waals surface area contributed by atoms with Crippen LogP contribution in [0.3, 0.4) is 0 Å². The van der Waals surface area contributed by atoms with Crippen LogP contribution >= 0.6 is 11.6 Å². The molecule has 2 aromatic carbocycles. The van der Waals surface area contributed by atoms with Gasteiger partial charge in [0.25, 0.3) is 0 Å². The normalized spacial score (nSPS) is 17.7. The van der Waals surface area contributed by atoms with Gasteiger partial charge in [0.2, 0.25) is 0 Å². The third-order valence-corrected chi connectivity index (χ3v) is 4.74. The van der Waals surface area contributed by atoms with Crippen LogP contribution in [0.15, 0.2) is 36.4 Å². The van der Waals surface area contributed by atoms with Crippen molar-refractivity contribution in [1.82, 2.24) is 5.06 Å². The van der Waals surface area contributed by atoms with Gasteiger partial charge in [0.1, 0.15) is 17.7 Å². The first-order chi connectivity index (χ1) is 12.5.